The van der Waals surface area contributed by atoms with Crippen LogP contribution in [0.2, 0.25) is 5.02 Å². The molecule has 0 aliphatic carbocycles. The first-order valence-corrected chi connectivity index (χ1v) is 11.0. The minimum absolute atomic E-state index is 0.711. The van der Waals surface area contributed by atoms with E-state index in [1.54, 1.807) is 7.11 Å². The molecular formula is C25H25ClN4O. The Morgan fingerprint density at radius 2 is 1.94 bits per heavy atom. The summed E-state index contributed by atoms with van der Waals surface area (Å²) in [6.45, 7) is 4.35. The van der Waals surface area contributed by atoms with Gasteiger partial charge in [0, 0.05) is 79.2 Å². The van der Waals surface area contributed by atoms with E-state index in [2.05, 4.69) is 44.9 Å². The van der Waals surface area contributed by atoms with E-state index in [9.17, 15) is 0 Å². The lowest BCUT2D eigenvalue weighted by atomic mass is 10.1. The first kappa shape index (κ1) is 20.2. The van der Waals surface area contributed by atoms with Crippen LogP contribution in [0.25, 0.3) is 22.3 Å². The molecule has 0 saturated carbocycles. The number of rotatable bonds is 6. The minimum atomic E-state index is 0.711. The summed E-state index contributed by atoms with van der Waals surface area (Å²) in [5, 5.41) is 2.04. The van der Waals surface area contributed by atoms with Crippen LogP contribution in [0.1, 0.15) is 16.8 Å². The van der Waals surface area contributed by atoms with E-state index in [1.807, 2.05) is 30.5 Å². The molecule has 0 spiro atoms. The van der Waals surface area contributed by atoms with Crippen molar-refractivity contribution in [1.29, 1.82) is 0 Å². The Hall–Kier alpha value is -2.73. The lowest BCUT2D eigenvalue weighted by molar-refractivity contribution is 0.188. The van der Waals surface area contributed by atoms with Gasteiger partial charge >= 0.3 is 0 Å². The zero-order valence-electron chi connectivity index (χ0n) is 17.6. The number of fused-ring (bicyclic) bond motifs is 2. The van der Waals surface area contributed by atoms with E-state index in [4.69, 9.17) is 21.3 Å². The Morgan fingerprint density at radius 1 is 1.10 bits per heavy atom. The fourth-order valence-corrected chi connectivity index (χ4v) is 4.44. The lowest BCUT2D eigenvalue weighted by Crippen LogP contribution is -2.30. The van der Waals surface area contributed by atoms with Gasteiger partial charge < -0.3 is 9.30 Å². The fourth-order valence-electron chi connectivity index (χ4n) is 4.31. The van der Waals surface area contributed by atoms with Gasteiger partial charge in [-0.1, -0.05) is 29.8 Å². The smallest absolute Gasteiger partial charge is 0.159 e. The van der Waals surface area contributed by atoms with E-state index in [1.165, 1.54) is 22.0 Å². The summed E-state index contributed by atoms with van der Waals surface area (Å²) in [7, 11) is 1.75. The van der Waals surface area contributed by atoms with Gasteiger partial charge in [-0.2, -0.15) is 0 Å². The zero-order valence-corrected chi connectivity index (χ0v) is 18.3. The number of halogens is 1. The second-order valence-electron chi connectivity index (χ2n) is 7.99. The van der Waals surface area contributed by atoms with Crippen LogP contribution in [-0.4, -0.2) is 39.7 Å². The zero-order chi connectivity index (χ0) is 21.2. The highest BCUT2D eigenvalue weighted by Crippen LogP contribution is 2.26. The van der Waals surface area contributed by atoms with Crippen molar-refractivity contribution in [2.45, 2.75) is 26.1 Å². The van der Waals surface area contributed by atoms with Crippen LogP contribution in [0.4, 0.5) is 0 Å². The first-order chi connectivity index (χ1) is 15.2. The van der Waals surface area contributed by atoms with Crippen LogP contribution in [-0.2, 0) is 30.8 Å². The first-order valence-electron chi connectivity index (χ1n) is 10.6. The lowest BCUT2D eigenvalue weighted by Gasteiger charge is -2.28. The SMILES string of the molecule is COCCn1cc(CN2CCc3nc(-c4ccc(Cl)cc4)ncc3C2)c2ccccc21. The van der Waals surface area contributed by atoms with Gasteiger partial charge in [0.25, 0.3) is 0 Å². The number of nitrogens with zero attached hydrogens (tertiary/aromatic N) is 4. The van der Waals surface area contributed by atoms with E-state index >= 15 is 0 Å². The molecule has 1 aliphatic rings. The molecule has 0 radical (unpaired) electrons. The summed E-state index contributed by atoms with van der Waals surface area (Å²) in [6.07, 6.45) is 5.19. The van der Waals surface area contributed by atoms with Gasteiger partial charge in [0.2, 0.25) is 0 Å². The Balaban J connectivity index is 1.35. The summed E-state index contributed by atoms with van der Waals surface area (Å²) in [6, 6.07) is 16.3. The normalized spacial score (nSPS) is 14.1. The molecule has 0 saturated heterocycles. The van der Waals surface area contributed by atoms with Crippen molar-refractivity contribution in [2.75, 3.05) is 20.3 Å². The summed E-state index contributed by atoms with van der Waals surface area (Å²) >= 11 is 6.01. The van der Waals surface area contributed by atoms with Crippen LogP contribution in [0.5, 0.6) is 0 Å². The van der Waals surface area contributed by atoms with Crippen molar-refractivity contribution < 1.29 is 4.74 Å². The molecule has 5 nitrogen and oxygen atoms in total. The molecule has 2 aromatic heterocycles. The minimum Gasteiger partial charge on any atom is -0.383 e. The summed E-state index contributed by atoms with van der Waals surface area (Å²) in [5.41, 5.74) is 5.99. The van der Waals surface area contributed by atoms with Crippen molar-refractivity contribution in [3.05, 3.63) is 82.8 Å². The molecule has 0 N–H and O–H groups in total. The van der Waals surface area contributed by atoms with Crippen molar-refractivity contribution >= 4 is 22.5 Å². The molecule has 31 heavy (non-hydrogen) atoms. The Morgan fingerprint density at radius 3 is 2.77 bits per heavy atom. The van der Waals surface area contributed by atoms with E-state index in [-0.39, 0.29) is 0 Å². The van der Waals surface area contributed by atoms with Crippen LogP contribution in [0.3, 0.4) is 0 Å². The summed E-state index contributed by atoms with van der Waals surface area (Å²) < 4.78 is 7.59. The second-order valence-corrected chi connectivity index (χ2v) is 8.43. The van der Waals surface area contributed by atoms with Crippen LogP contribution < -0.4 is 0 Å². The molecule has 0 amide bonds. The van der Waals surface area contributed by atoms with Gasteiger partial charge in [0.05, 0.1) is 12.3 Å². The van der Waals surface area contributed by atoms with Crippen LogP contribution in [0.15, 0.2) is 60.9 Å². The highest BCUT2D eigenvalue weighted by Gasteiger charge is 2.20. The Labute approximate surface area is 187 Å². The molecule has 0 unspecified atom stereocenters. The van der Waals surface area contributed by atoms with Crippen LogP contribution in [0, 0.1) is 0 Å². The standard InChI is InChI=1S/C25H25ClN4O/c1-31-13-12-30-17-20(22-4-2-3-5-24(22)30)16-29-11-10-23-19(15-29)14-27-25(28-23)18-6-8-21(26)9-7-18/h2-9,14,17H,10-13,15-16H2,1H3. The number of hydrogen-bond donors (Lipinski definition) is 0. The van der Waals surface area contributed by atoms with Crippen LogP contribution >= 0.6 is 11.6 Å². The number of ether oxygens (including phenoxy) is 1. The van der Waals surface area contributed by atoms with Gasteiger partial charge in [-0.05, 0) is 35.9 Å². The molecule has 4 aromatic rings. The number of benzene rings is 2. The van der Waals surface area contributed by atoms with E-state index < -0.39 is 0 Å². The van der Waals surface area contributed by atoms with E-state index in [0.717, 1.165) is 54.7 Å². The van der Waals surface area contributed by atoms with Crippen molar-refractivity contribution in [3.63, 3.8) is 0 Å². The molecular weight excluding hydrogens is 408 g/mol. The molecule has 0 atom stereocenters. The maximum atomic E-state index is 6.01. The summed E-state index contributed by atoms with van der Waals surface area (Å²) in [4.78, 5) is 11.9. The monoisotopic (exact) mass is 432 g/mol. The molecule has 0 bridgehead atoms. The van der Waals surface area contributed by atoms with Gasteiger partial charge in [-0.3, -0.25) is 4.90 Å². The van der Waals surface area contributed by atoms with Crippen molar-refractivity contribution in [3.8, 4) is 11.4 Å². The third-order valence-electron chi connectivity index (χ3n) is 5.92. The summed E-state index contributed by atoms with van der Waals surface area (Å²) in [5.74, 6) is 0.769. The van der Waals surface area contributed by atoms with Gasteiger partial charge in [0.1, 0.15) is 0 Å². The molecule has 5 rings (SSSR count). The van der Waals surface area contributed by atoms with Crippen molar-refractivity contribution in [1.82, 2.24) is 19.4 Å². The predicted molar refractivity (Wildman–Crippen MR) is 124 cm³/mol. The number of para-hydroxylation sites is 1. The van der Waals surface area contributed by atoms with Gasteiger partial charge in [-0.25, -0.2) is 9.97 Å². The topological polar surface area (TPSA) is 43.2 Å². The molecule has 3 heterocycles. The fraction of sp³-hybridized carbons (Fsp3) is 0.280. The average molecular weight is 433 g/mol. The second kappa shape index (κ2) is 8.79. The van der Waals surface area contributed by atoms with Gasteiger partial charge in [-0.15, -0.1) is 0 Å². The third kappa shape index (κ3) is 4.22. The maximum absolute atomic E-state index is 6.01. The largest absolute Gasteiger partial charge is 0.383 e. The number of methoxy groups -OCH3 is 1. The highest BCUT2D eigenvalue weighted by atomic mass is 35.5. The van der Waals surface area contributed by atoms with Crippen molar-refractivity contribution in [2.24, 2.45) is 0 Å². The predicted octanol–water partition coefficient (Wildman–Crippen LogP) is 4.96. The highest BCUT2D eigenvalue weighted by molar-refractivity contribution is 6.30. The maximum Gasteiger partial charge on any atom is 0.159 e. The Kier molecular flexibility index (Phi) is 5.72. The number of aromatic nitrogens is 3. The average Bonchev–Trinajstić information content (AvgIpc) is 3.15. The molecule has 0 fully saturated rings. The molecule has 158 valence electrons. The number of hydrogen-bond acceptors (Lipinski definition) is 4. The van der Waals surface area contributed by atoms with E-state index in [0.29, 0.717) is 6.61 Å². The molecule has 1 aliphatic heterocycles. The molecule has 2 aromatic carbocycles. The Bertz CT molecular complexity index is 1200. The quantitative estimate of drug-likeness (QED) is 0.432. The molecule has 6 heteroatoms. The van der Waals surface area contributed by atoms with Gasteiger partial charge in [0.15, 0.2) is 5.82 Å². The third-order valence-corrected chi connectivity index (χ3v) is 6.17.